The van der Waals surface area contributed by atoms with E-state index in [2.05, 4.69) is 0 Å². The van der Waals surface area contributed by atoms with Crippen LogP contribution in [0.2, 0.25) is 0 Å². The highest BCUT2D eigenvalue weighted by atomic mass is 32.2. The summed E-state index contributed by atoms with van der Waals surface area (Å²) in [6.45, 7) is -2.21. The zero-order valence-electron chi connectivity index (χ0n) is 4.93. The highest BCUT2D eigenvalue weighted by Gasteiger charge is 2.59. The minimum atomic E-state index is -5.18. The molecule has 0 aliphatic rings. The minimum absolute atomic E-state index is 2.21. The molecule has 0 radical (unpaired) electrons. The van der Waals surface area contributed by atoms with Crippen molar-refractivity contribution in [1.29, 1.82) is 0 Å². The van der Waals surface area contributed by atoms with Crippen molar-refractivity contribution in [2.45, 2.75) is 11.2 Å². The van der Waals surface area contributed by atoms with Gasteiger partial charge in [0.05, 0.1) is 0 Å². The quantitative estimate of drug-likeness (QED) is 0.486. The largest absolute Gasteiger partial charge is 0.406 e. The first-order chi connectivity index (χ1) is 4.75. The minimum Gasteiger partial charge on any atom is -0.390 e. The number of aliphatic hydroxyl groups is 1. The Morgan fingerprint density at radius 1 is 1.18 bits per heavy atom. The molecule has 8 heteroatoms. The van der Waals surface area contributed by atoms with Gasteiger partial charge in [-0.25, -0.2) is 8.42 Å². The van der Waals surface area contributed by atoms with Crippen molar-refractivity contribution in [1.82, 2.24) is 0 Å². The zero-order chi connectivity index (χ0) is 9.28. The topological polar surface area (TPSA) is 54.4 Å². The summed E-state index contributed by atoms with van der Waals surface area (Å²) >= 11 is 0. The van der Waals surface area contributed by atoms with Crippen LogP contribution >= 0.6 is 0 Å². The summed E-state index contributed by atoms with van der Waals surface area (Å²) < 4.78 is 66.3. The number of hydrogen-bond acceptors (Lipinski definition) is 3. The summed E-state index contributed by atoms with van der Waals surface area (Å²) in [6, 6.07) is 0. The summed E-state index contributed by atoms with van der Waals surface area (Å²) in [5, 5.41) is 2.50. The van der Waals surface area contributed by atoms with Crippen molar-refractivity contribution in [2.75, 3.05) is 6.61 Å². The van der Waals surface area contributed by atoms with E-state index >= 15 is 0 Å². The van der Waals surface area contributed by atoms with Gasteiger partial charge in [0.2, 0.25) is 10.7 Å². The average molecular weight is 196 g/mol. The number of aliphatic hydroxyl groups excluding tert-OH is 1. The maximum absolute atomic E-state index is 11.8. The first-order valence-electron chi connectivity index (χ1n) is 2.26. The third-order valence-electron chi connectivity index (χ3n) is 0.868. The third kappa shape index (κ3) is 1.80. The van der Waals surface area contributed by atoms with Gasteiger partial charge in [0.25, 0.3) is 0 Å². The summed E-state index contributed by atoms with van der Waals surface area (Å²) in [7, 11) is -4.58. The van der Waals surface area contributed by atoms with E-state index in [0.29, 0.717) is 0 Å². The SMILES string of the molecule is O=[SH](=O)C(F)(F)C(F)(F)CO. The Morgan fingerprint density at radius 2 is 1.55 bits per heavy atom. The van der Waals surface area contributed by atoms with Crippen LogP contribution < -0.4 is 0 Å². The van der Waals surface area contributed by atoms with Gasteiger partial charge in [0.15, 0.2) is 0 Å². The molecule has 1 N–H and O–H groups in total. The Labute approximate surface area is 60.6 Å². The van der Waals surface area contributed by atoms with Crippen molar-refractivity contribution >= 4 is 10.7 Å². The van der Waals surface area contributed by atoms with E-state index in [1.165, 1.54) is 0 Å². The van der Waals surface area contributed by atoms with Crippen LogP contribution in [-0.2, 0) is 10.7 Å². The summed E-state index contributed by atoms with van der Waals surface area (Å²) in [6.07, 6.45) is 0. The van der Waals surface area contributed by atoms with E-state index in [9.17, 15) is 26.0 Å². The Hall–Kier alpha value is -0.370. The number of halogens is 4. The van der Waals surface area contributed by atoms with Crippen molar-refractivity contribution in [3.05, 3.63) is 0 Å². The Balaban J connectivity index is 4.82. The van der Waals surface area contributed by atoms with E-state index in [-0.39, 0.29) is 0 Å². The van der Waals surface area contributed by atoms with Gasteiger partial charge in [-0.05, 0) is 0 Å². The molecule has 0 aromatic carbocycles. The molecule has 0 bridgehead atoms. The lowest BCUT2D eigenvalue weighted by Gasteiger charge is -2.18. The lowest BCUT2D eigenvalue weighted by atomic mass is 10.4. The monoisotopic (exact) mass is 196 g/mol. The lowest BCUT2D eigenvalue weighted by Crippen LogP contribution is -2.44. The predicted molar refractivity (Wildman–Crippen MR) is 27.3 cm³/mol. The molecule has 0 atom stereocenters. The van der Waals surface area contributed by atoms with Crippen molar-refractivity contribution in [2.24, 2.45) is 0 Å². The van der Waals surface area contributed by atoms with Crippen LogP contribution in [0.25, 0.3) is 0 Å². The van der Waals surface area contributed by atoms with E-state index in [1.54, 1.807) is 0 Å². The normalized spacial score (nSPS) is 14.0. The van der Waals surface area contributed by atoms with Gasteiger partial charge in [0.1, 0.15) is 6.61 Å². The fourth-order valence-corrected chi connectivity index (χ4v) is 0.566. The third-order valence-corrected chi connectivity index (χ3v) is 1.65. The van der Waals surface area contributed by atoms with Crippen molar-refractivity contribution in [3.8, 4) is 0 Å². The maximum atomic E-state index is 11.8. The Kier molecular flexibility index (Phi) is 2.84. The zero-order valence-corrected chi connectivity index (χ0v) is 5.82. The van der Waals surface area contributed by atoms with Crippen LogP contribution in [-0.4, -0.2) is 31.3 Å². The van der Waals surface area contributed by atoms with Crippen molar-refractivity contribution < 1.29 is 31.1 Å². The summed E-state index contributed by atoms with van der Waals surface area (Å²) in [5.41, 5.74) is 0. The van der Waals surface area contributed by atoms with Gasteiger partial charge in [-0.2, -0.15) is 17.6 Å². The van der Waals surface area contributed by atoms with Gasteiger partial charge < -0.3 is 5.11 Å². The van der Waals surface area contributed by atoms with Gasteiger partial charge in [0, 0.05) is 0 Å². The first kappa shape index (κ1) is 10.6. The second-order valence-electron chi connectivity index (χ2n) is 1.66. The first-order valence-corrected chi connectivity index (χ1v) is 3.44. The highest BCUT2D eigenvalue weighted by molar-refractivity contribution is 7.73. The van der Waals surface area contributed by atoms with Crippen LogP contribution in [0.3, 0.4) is 0 Å². The fourth-order valence-electron chi connectivity index (χ4n) is 0.229. The highest BCUT2D eigenvalue weighted by Crippen LogP contribution is 2.34. The van der Waals surface area contributed by atoms with Gasteiger partial charge in [-0.3, -0.25) is 0 Å². The molecule has 68 valence electrons. The second kappa shape index (κ2) is 2.94. The molecule has 0 spiro atoms. The summed E-state index contributed by atoms with van der Waals surface area (Å²) in [5.74, 6) is -4.91. The molecule has 3 nitrogen and oxygen atoms in total. The van der Waals surface area contributed by atoms with Gasteiger partial charge >= 0.3 is 11.2 Å². The number of alkyl halides is 4. The van der Waals surface area contributed by atoms with Crippen molar-refractivity contribution in [3.63, 3.8) is 0 Å². The average Bonchev–Trinajstić information content (AvgIpc) is 1.87. The molecule has 0 saturated carbocycles. The van der Waals surface area contributed by atoms with E-state index in [1.807, 2.05) is 0 Å². The molecule has 0 aromatic heterocycles. The predicted octanol–water partition coefficient (Wildman–Crippen LogP) is -0.182. The van der Waals surface area contributed by atoms with Crippen LogP contribution in [0.4, 0.5) is 17.6 Å². The van der Waals surface area contributed by atoms with E-state index in [4.69, 9.17) is 5.11 Å². The summed E-state index contributed by atoms with van der Waals surface area (Å²) in [4.78, 5) is 0. The molecule has 0 fully saturated rings. The number of thiol groups is 1. The molecule has 0 aliphatic carbocycles. The van der Waals surface area contributed by atoms with Gasteiger partial charge in [-0.15, -0.1) is 0 Å². The maximum Gasteiger partial charge on any atom is 0.406 e. The molecule has 11 heavy (non-hydrogen) atoms. The van der Waals surface area contributed by atoms with Crippen LogP contribution in [0.5, 0.6) is 0 Å². The fraction of sp³-hybridized carbons (Fsp3) is 1.00. The molecule has 0 unspecified atom stereocenters. The molecule has 0 rings (SSSR count). The van der Waals surface area contributed by atoms with Crippen LogP contribution in [0, 0.1) is 0 Å². The molecule has 0 saturated heterocycles. The number of rotatable bonds is 3. The van der Waals surface area contributed by atoms with E-state index < -0.39 is 28.5 Å². The number of hydrogen-bond donors (Lipinski definition) is 2. The second-order valence-corrected chi connectivity index (χ2v) is 2.74. The van der Waals surface area contributed by atoms with E-state index in [0.717, 1.165) is 0 Å². The molecule has 0 heterocycles. The molecule has 0 aliphatic heterocycles. The molecular weight excluding hydrogens is 192 g/mol. The lowest BCUT2D eigenvalue weighted by molar-refractivity contribution is -0.176. The Morgan fingerprint density at radius 3 is 1.64 bits per heavy atom. The van der Waals surface area contributed by atoms with Crippen LogP contribution in [0.1, 0.15) is 0 Å². The standard InChI is InChI=1S/C3H4F4O3S/c4-2(5,1-8)3(6,7)11(9)10/h8,11H,1H2. The smallest absolute Gasteiger partial charge is 0.390 e. The van der Waals surface area contributed by atoms with Gasteiger partial charge in [-0.1, -0.05) is 0 Å². The molecule has 0 amide bonds. The van der Waals surface area contributed by atoms with Crippen LogP contribution in [0.15, 0.2) is 0 Å². The Bertz CT molecular complexity index is 203. The molecule has 0 aromatic rings. The molecular formula is C3H4F4O3S.